The Morgan fingerprint density at radius 3 is 2.62 bits per heavy atom. The van der Waals surface area contributed by atoms with E-state index in [9.17, 15) is 4.39 Å². The van der Waals surface area contributed by atoms with Gasteiger partial charge in [-0.3, -0.25) is 0 Å². The molecular weight excluding hydrogens is 210 g/mol. The molecule has 0 fully saturated rings. The van der Waals surface area contributed by atoms with Gasteiger partial charge in [-0.2, -0.15) is 0 Å². The summed E-state index contributed by atoms with van der Waals surface area (Å²) < 4.78 is 18.6. The quantitative estimate of drug-likeness (QED) is 0.563. The van der Waals surface area contributed by atoms with E-state index < -0.39 is 12.9 Å². The zero-order chi connectivity index (χ0) is 12.0. The number of hydrogen-bond acceptors (Lipinski definition) is 3. The first-order valence-corrected chi connectivity index (χ1v) is 5.43. The fourth-order valence-electron chi connectivity index (χ4n) is 1.35. The van der Waals surface area contributed by atoms with Crippen LogP contribution in [0.25, 0.3) is 0 Å². The van der Waals surface area contributed by atoms with Gasteiger partial charge >= 0.3 is 7.12 Å². The Labute approximate surface area is 95.0 Å². The summed E-state index contributed by atoms with van der Waals surface area (Å²) in [5.41, 5.74) is -0.138. The zero-order valence-corrected chi connectivity index (χ0v) is 9.32. The number of ether oxygens (including phenoxy) is 1. The second-order valence-electron chi connectivity index (χ2n) is 3.61. The summed E-state index contributed by atoms with van der Waals surface area (Å²) in [6.45, 7) is 2.64. The molecule has 88 valence electrons. The van der Waals surface area contributed by atoms with Gasteiger partial charge in [0, 0.05) is 11.5 Å². The topological polar surface area (TPSA) is 49.7 Å². The Bertz CT molecular complexity index is 331. The Balaban J connectivity index is 2.53. The Morgan fingerprint density at radius 2 is 2.06 bits per heavy atom. The van der Waals surface area contributed by atoms with Gasteiger partial charge in [0.05, 0.1) is 6.61 Å². The minimum Gasteiger partial charge on any atom is -0.493 e. The lowest BCUT2D eigenvalue weighted by molar-refractivity contribution is 0.305. The third-order valence-corrected chi connectivity index (χ3v) is 2.27. The molecule has 0 atom stereocenters. The van der Waals surface area contributed by atoms with Crippen molar-refractivity contribution in [1.29, 1.82) is 0 Å². The summed E-state index contributed by atoms with van der Waals surface area (Å²) >= 11 is 0. The number of rotatable bonds is 6. The molecule has 0 aliphatic heterocycles. The molecule has 5 heteroatoms. The van der Waals surface area contributed by atoms with Crippen molar-refractivity contribution in [3.8, 4) is 5.75 Å². The van der Waals surface area contributed by atoms with E-state index in [0.29, 0.717) is 12.4 Å². The Hall–Kier alpha value is -1.07. The van der Waals surface area contributed by atoms with Gasteiger partial charge < -0.3 is 14.8 Å². The van der Waals surface area contributed by atoms with Crippen LogP contribution in [0, 0.1) is 5.82 Å². The van der Waals surface area contributed by atoms with Gasteiger partial charge in [0.2, 0.25) is 0 Å². The van der Waals surface area contributed by atoms with Gasteiger partial charge in [0.15, 0.2) is 0 Å². The highest BCUT2D eigenvalue weighted by atomic mass is 19.1. The van der Waals surface area contributed by atoms with Gasteiger partial charge in [-0.25, -0.2) is 4.39 Å². The van der Waals surface area contributed by atoms with Crippen LogP contribution in [-0.2, 0) is 0 Å². The van der Waals surface area contributed by atoms with E-state index in [0.717, 1.165) is 19.3 Å². The molecule has 0 unspecified atom stereocenters. The van der Waals surface area contributed by atoms with Crippen LogP contribution in [0.2, 0.25) is 0 Å². The minimum absolute atomic E-state index is 0.138. The van der Waals surface area contributed by atoms with Crippen molar-refractivity contribution >= 4 is 12.6 Å². The van der Waals surface area contributed by atoms with Crippen LogP contribution in [0.4, 0.5) is 4.39 Å². The lowest BCUT2D eigenvalue weighted by Gasteiger charge is -2.07. The van der Waals surface area contributed by atoms with E-state index in [1.54, 1.807) is 0 Å². The molecule has 3 nitrogen and oxygen atoms in total. The molecule has 0 heterocycles. The first kappa shape index (κ1) is 13.0. The maximum absolute atomic E-state index is 13.3. The van der Waals surface area contributed by atoms with Gasteiger partial charge in [0.1, 0.15) is 11.6 Å². The van der Waals surface area contributed by atoms with Crippen molar-refractivity contribution in [2.45, 2.75) is 26.2 Å². The van der Waals surface area contributed by atoms with Crippen molar-refractivity contribution in [2.75, 3.05) is 6.61 Å². The normalized spacial score (nSPS) is 10.2. The molecule has 0 radical (unpaired) electrons. The SMILES string of the molecule is CCCCCOc1ccc(B(O)O)c(F)c1. The van der Waals surface area contributed by atoms with E-state index in [1.807, 2.05) is 0 Å². The molecule has 0 amide bonds. The maximum Gasteiger partial charge on any atom is 0.491 e. The molecule has 0 saturated heterocycles. The third kappa shape index (κ3) is 3.83. The molecule has 1 aromatic carbocycles. The molecule has 0 aromatic heterocycles. The summed E-state index contributed by atoms with van der Waals surface area (Å²) in [5, 5.41) is 17.6. The van der Waals surface area contributed by atoms with Gasteiger partial charge in [0.25, 0.3) is 0 Å². The summed E-state index contributed by atoms with van der Waals surface area (Å²) in [7, 11) is -1.78. The maximum atomic E-state index is 13.3. The number of unbranched alkanes of at least 4 members (excludes halogenated alkanes) is 2. The molecule has 0 aliphatic rings. The highest BCUT2D eigenvalue weighted by Crippen LogP contribution is 2.11. The molecule has 0 bridgehead atoms. The van der Waals surface area contributed by atoms with E-state index in [2.05, 4.69) is 6.92 Å². The van der Waals surface area contributed by atoms with Crippen molar-refractivity contribution in [2.24, 2.45) is 0 Å². The fourth-order valence-corrected chi connectivity index (χ4v) is 1.35. The highest BCUT2D eigenvalue weighted by Gasteiger charge is 2.16. The van der Waals surface area contributed by atoms with Crippen LogP contribution >= 0.6 is 0 Å². The Morgan fingerprint density at radius 1 is 1.31 bits per heavy atom. The molecule has 16 heavy (non-hydrogen) atoms. The number of benzene rings is 1. The summed E-state index contributed by atoms with van der Waals surface area (Å²) in [5.74, 6) is -0.249. The minimum atomic E-state index is -1.78. The number of hydrogen-bond donors (Lipinski definition) is 2. The molecule has 2 N–H and O–H groups in total. The lowest BCUT2D eigenvalue weighted by Crippen LogP contribution is -2.32. The van der Waals surface area contributed by atoms with E-state index in [-0.39, 0.29) is 5.46 Å². The predicted molar refractivity (Wildman–Crippen MR) is 61.2 cm³/mol. The standard InChI is InChI=1S/C11H16BFO3/c1-2-3-4-7-16-9-5-6-10(12(14)15)11(13)8-9/h5-6,8,14-15H,2-4,7H2,1H3. The van der Waals surface area contributed by atoms with Crippen LogP contribution in [0.1, 0.15) is 26.2 Å². The van der Waals surface area contributed by atoms with Crippen LogP contribution < -0.4 is 10.2 Å². The average molecular weight is 226 g/mol. The number of halogens is 1. The molecule has 1 rings (SSSR count). The van der Waals surface area contributed by atoms with Crippen LogP contribution in [0.15, 0.2) is 18.2 Å². The first-order valence-electron chi connectivity index (χ1n) is 5.43. The van der Waals surface area contributed by atoms with Crippen LogP contribution in [-0.4, -0.2) is 23.8 Å². The van der Waals surface area contributed by atoms with Crippen LogP contribution in [0.3, 0.4) is 0 Å². The molecule has 0 aliphatic carbocycles. The summed E-state index contributed by atoms with van der Waals surface area (Å²) in [4.78, 5) is 0. The monoisotopic (exact) mass is 226 g/mol. The summed E-state index contributed by atoms with van der Waals surface area (Å²) in [6.07, 6.45) is 3.12. The highest BCUT2D eigenvalue weighted by molar-refractivity contribution is 6.58. The van der Waals surface area contributed by atoms with Gasteiger partial charge in [-0.15, -0.1) is 0 Å². The second-order valence-corrected chi connectivity index (χ2v) is 3.61. The van der Waals surface area contributed by atoms with Crippen molar-refractivity contribution in [1.82, 2.24) is 0 Å². The third-order valence-electron chi connectivity index (χ3n) is 2.27. The second kappa shape index (κ2) is 6.50. The van der Waals surface area contributed by atoms with E-state index in [4.69, 9.17) is 14.8 Å². The lowest BCUT2D eigenvalue weighted by atomic mass is 9.80. The van der Waals surface area contributed by atoms with Crippen molar-refractivity contribution in [3.05, 3.63) is 24.0 Å². The van der Waals surface area contributed by atoms with Crippen LogP contribution in [0.5, 0.6) is 5.75 Å². The molecule has 1 aromatic rings. The van der Waals surface area contributed by atoms with Crippen molar-refractivity contribution < 1.29 is 19.2 Å². The fraction of sp³-hybridized carbons (Fsp3) is 0.455. The summed E-state index contributed by atoms with van der Waals surface area (Å²) in [6, 6.07) is 4.01. The van der Waals surface area contributed by atoms with Gasteiger partial charge in [-0.1, -0.05) is 25.8 Å². The Kier molecular flexibility index (Phi) is 5.28. The molecular formula is C11H16BFO3. The van der Waals surface area contributed by atoms with Crippen molar-refractivity contribution in [3.63, 3.8) is 0 Å². The predicted octanol–water partition coefficient (Wildman–Crippen LogP) is 1.07. The average Bonchev–Trinajstić information content (AvgIpc) is 2.24. The van der Waals surface area contributed by atoms with E-state index >= 15 is 0 Å². The van der Waals surface area contributed by atoms with Gasteiger partial charge in [-0.05, 0) is 12.5 Å². The first-order chi connectivity index (χ1) is 7.65. The molecule has 0 spiro atoms. The van der Waals surface area contributed by atoms with E-state index in [1.165, 1.54) is 18.2 Å². The smallest absolute Gasteiger partial charge is 0.491 e. The molecule has 0 saturated carbocycles. The largest absolute Gasteiger partial charge is 0.493 e. The zero-order valence-electron chi connectivity index (χ0n) is 9.32.